The molecule has 16 heavy (non-hydrogen) atoms. The molecule has 92 valence electrons. The van der Waals surface area contributed by atoms with Crippen molar-refractivity contribution in [2.45, 2.75) is 40.5 Å². The van der Waals surface area contributed by atoms with Gasteiger partial charge in [0.15, 0.2) is 0 Å². The van der Waals surface area contributed by atoms with Crippen molar-refractivity contribution in [1.82, 2.24) is 4.90 Å². The topological polar surface area (TPSA) is 37.4 Å². The predicted octanol–water partition coefficient (Wildman–Crippen LogP) is 2.11. The van der Waals surface area contributed by atoms with E-state index in [1.165, 1.54) is 0 Å². The van der Waals surface area contributed by atoms with Gasteiger partial charge in [-0.3, -0.25) is 9.59 Å². The first-order chi connectivity index (χ1) is 7.47. The molecule has 1 fully saturated rings. The van der Waals surface area contributed by atoms with E-state index >= 15 is 0 Å². The molecule has 0 aromatic heterocycles. The van der Waals surface area contributed by atoms with Crippen LogP contribution in [0.15, 0.2) is 0 Å². The molecule has 2 atom stereocenters. The highest BCUT2D eigenvalue weighted by Gasteiger charge is 2.31. The molecule has 0 bridgehead atoms. The molecule has 3 nitrogen and oxygen atoms in total. The summed E-state index contributed by atoms with van der Waals surface area (Å²) in [5.74, 6) is 1.03. The first-order valence-electron chi connectivity index (χ1n) is 6.28. The van der Waals surface area contributed by atoms with Crippen molar-refractivity contribution in [2.24, 2.45) is 17.8 Å². The zero-order valence-electron chi connectivity index (χ0n) is 10.8. The first kappa shape index (κ1) is 13.2. The number of hydrogen-bond donors (Lipinski definition) is 0. The fraction of sp³-hybridized carbons (Fsp3) is 0.846. The number of carbonyl (C=O) groups is 2. The molecule has 0 aliphatic carbocycles. The second kappa shape index (κ2) is 5.46. The summed E-state index contributed by atoms with van der Waals surface area (Å²) in [6.45, 7) is 9.37. The minimum Gasteiger partial charge on any atom is -0.341 e. The third-order valence-electron chi connectivity index (χ3n) is 3.72. The normalized spacial score (nSPS) is 23.7. The summed E-state index contributed by atoms with van der Waals surface area (Å²) in [7, 11) is 0. The molecule has 1 amide bonds. The van der Waals surface area contributed by atoms with Crippen LogP contribution in [0, 0.1) is 17.8 Å². The van der Waals surface area contributed by atoms with Gasteiger partial charge in [0.05, 0.1) is 0 Å². The Morgan fingerprint density at radius 3 is 2.56 bits per heavy atom. The first-order valence-corrected chi connectivity index (χ1v) is 6.28. The molecule has 1 rings (SSSR count). The highest BCUT2D eigenvalue weighted by atomic mass is 16.2. The second-order valence-corrected chi connectivity index (χ2v) is 5.14. The summed E-state index contributed by atoms with van der Waals surface area (Å²) in [4.78, 5) is 25.6. The summed E-state index contributed by atoms with van der Waals surface area (Å²) in [5, 5.41) is 0. The zero-order chi connectivity index (χ0) is 12.3. The maximum absolute atomic E-state index is 12.1. The largest absolute Gasteiger partial charge is 0.341 e. The van der Waals surface area contributed by atoms with E-state index in [2.05, 4.69) is 13.8 Å². The number of amides is 1. The van der Waals surface area contributed by atoms with Gasteiger partial charge in [0.1, 0.15) is 5.78 Å². The molecule has 0 saturated carbocycles. The highest BCUT2D eigenvalue weighted by molar-refractivity contribution is 5.86. The minimum absolute atomic E-state index is 0.0608. The number of rotatable bonds is 3. The average Bonchev–Trinajstić information content (AvgIpc) is 2.27. The van der Waals surface area contributed by atoms with Crippen molar-refractivity contribution >= 4 is 11.7 Å². The van der Waals surface area contributed by atoms with Crippen molar-refractivity contribution in [3.8, 4) is 0 Å². The molecule has 1 aliphatic heterocycles. The molecular formula is C13H23NO2. The van der Waals surface area contributed by atoms with E-state index in [0.29, 0.717) is 31.2 Å². The smallest absolute Gasteiger partial charge is 0.225 e. The molecular weight excluding hydrogens is 202 g/mol. The van der Waals surface area contributed by atoms with E-state index in [9.17, 15) is 9.59 Å². The molecule has 0 radical (unpaired) electrons. The fourth-order valence-corrected chi connectivity index (χ4v) is 2.04. The monoisotopic (exact) mass is 225 g/mol. The lowest BCUT2D eigenvalue weighted by Crippen LogP contribution is -2.46. The van der Waals surface area contributed by atoms with Crippen molar-refractivity contribution in [2.75, 3.05) is 13.1 Å². The Hall–Kier alpha value is -0.860. The van der Waals surface area contributed by atoms with Gasteiger partial charge in [0.25, 0.3) is 0 Å². The second-order valence-electron chi connectivity index (χ2n) is 5.14. The highest BCUT2D eigenvalue weighted by Crippen LogP contribution is 2.20. The van der Waals surface area contributed by atoms with Crippen LogP contribution in [-0.4, -0.2) is 29.7 Å². The molecule has 0 aromatic rings. The van der Waals surface area contributed by atoms with Gasteiger partial charge in [0, 0.05) is 31.3 Å². The number of likely N-dealkylation sites (tertiary alicyclic amines) is 1. The van der Waals surface area contributed by atoms with Crippen LogP contribution in [-0.2, 0) is 9.59 Å². The Morgan fingerprint density at radius 1 is 1.44 bits per heavy atom. The van der Waals surface area contributed by atoms with Crippen LogP contribution in [0.3, 0.4) is 0 Å². The third kappa shape index (κ3) is 2.83. The number of piperidine rings is 1. The maximum atomic E-state index is 12.1. The van der Waals surface area contributed by atoms with Crippen LogP contribution in [0.25, 0.3) is 0 Å². The summed E-state index contributed by atoms with van der Waals surface area (Å²) in [6.07, 6.45) is 1.38. The zero-order valence-corrected chi connectivity index (χ0v) is 10.8. The van der Waals surface area contributed by atoms with Gasteiger partial charge in [-0.15, -0.1) is 0 Å². The summed E-state index contributed by atoms with van der Waals surface area (Å²) >= 11 is 0. The molecule has 0 aromatic carbocycles. The number of Topliss-reactive ketones (excluding diaryl/α,β-unsaturated/α-hetero) is 1. The summed E-state index contributed by atoms with van der Waals surface area (Å²) in [6, 6.07) is 0. The van der Waals surface area contributed by atoms with Gasteiger partial charge in [-0.2, -0.15) is 0 Å². The van der Waals surface area contributed by atoms with Crippen LogP contribution in [0.5, 0.6) is 0 Å². The standard InChI is InChI=1S/C13H23NO2/c1-5-11-8-14(7-6-12(11)15)13(16)10(4)9(2)3/h9-11H,5-8H2,1-4H3. The number of hydrogen-bond acceptors (Lipinski definition) is 2. The maximum Gasteiger partial charge on any atom is 0.225 e. The van der Waals surface area contributed by atoms with E-state index in [1.807, 2.05) is 18.7 Å². The molecule has 1 heterocycles. The molecule has 0 N–H and O–H groups in total. The van der Waals surface area contributed by atoms with Crippen molar-refractivity contribution in [3.05, 3.63) is 0 Å². The van der Waals surface area contributed by atoms with Gasteiger partial charge < -0.3 is 4.90 Å². The van der Waals surface area contributed by atoms with Gasteiger partial charge >= 0.3 is 0 Å². The van der Waals surface area contributed by atoms with Gasteiger partial charge in [-0.05, 0) is 12.3 Å². The van der Waals surface area contributed by atoms with Crippen LogP contribution in [0.2, 0.25) is 0 Å². The van der Waals surface area contributed by atoms with Crippen molar-refractivity contribution < 1.29 is 9.59 Å². The van der Waals surface area contributed by atoms with Crippen LogP contribution >= 0.6 is 0 Å². The van der Waals surface area contributed by atoms with Crippen molar-refractivity contribution in [3.63, 3.8) is 0 Å². The summed E-state index contributed by atoms with van der Waals surface area (Å²) in [5.41, 5.74) is 0. The Bertz CT molecular complexity index is 273. The van der Waals surface area contributed by atoms with E-state index in [4.69, 9.17) is 0 Å². The quantitative estimate of drug-likeness (QED) is 0.737. The minimum atomic E-state index is 0.0608. The average molecular weight is 225 g/mol. The number of ketones is 1. The molecule has 1 saturated heterocycles. The Kier molecular flexibility index (Phi) is 4.51. The summed E-state index contributed by atoms with van der Waals surface area (Å²) < 4.78 is 0. The third-order valence-corrected chi connectivity index (χ3v) is 3.72. The van der Waals surface area contributed by atoms with E-state index in [-0.39, 0.29) is 17.7 Å². The van der Waals surface area contributed by atoms with E-state index in [1.54, 1.807) is 0 Å². The van der Waals surface area contributed by atoms with Crippen molar-refractivity contribution in [1.29, 1.82) is 0 Å². The van der Waals surface area contributed by atoms with Crippen LogP contribution in [0.4, 0.5) is 0 Å². The Balaban J connectivity index is 2.61. The van der Waals surface area contributed by atoms with Gasteiger partial charge in [-0.25, -0.2) is 0 Å². The predicted molar refractivity (Wildman–Crippen MR) is 64.0 cm³/mol. The van der Waals surface area contributed by atoms with Crippen LogP contribution in [0.1, 0.15) is 40.5 Å². The van der Waals surface area contributed by atoms with Crippen LogP contribution < -0.4 is 0 Å². The lowest BCUT2D eigenvalue weighted by molar-refractivity contribution is -0.141. The number of nitrogens with zero attached hydrogens (tertiary/aromatic N) is 1. The number of carbonyl (C=O) groups excluding carboxylic acids is 2. The lowest BCUT2D eigenvalue weighted by atomic mass is 9.91. The molecule has 3 heteroatoms. The molecule has 1 aliphatic rings. The lowest BCUT2D eigenvalue weighted by Gasteiger charge is -2.34. The van der Waals surface area contributed by atoms with E-state index < -0.39 is 0 Å². The van der Waals surface area contributed by atoms with E-state index in [0.717, 1.165) is 6.42 Å². The Labute approximate surface area is 98.2 Å². The SMILES string of the molecule is CCC1CN(C(=O)C(C)C(C)C)CCC1=O. The molecule has 2 unspecified atom stereocenters. The van der Waals surface area contributed by atoms with Gasteiger partial charge in [0.2, 0.25) is 5.91 Å². The van der Waals surface area contributed by atoms with Gasteiger partial charge in [-0.1, -0.05) is 27.7 Å². The molecule has 0 spiro atoms. The fourth-order valence-electron chi connectivity index (χ4n) is 2.04. The Morgan fingerprint density at radius 2 is 2.06 bits per heavy atom.